The van der Waals surface area contributed by atoms with Gasteiger partial charge in [0.2, 0.25) is 5.95 Å². The zero-order valence-electron chi connectivity index (χ0n) is 12.8. The second-order valence-electron chi connectivity index (χ2n) is 4.57. The van der Waals surface area contributed by atoms with Crippen LogP contribution in [0.15, 0.2) is 36.5 Å². The highest BCUT2D eigenvalue weighted by atomic mass is 16.5. The van der Waals surface area contributed by atoms with Crippen LogP contribution in [-0.4, -0.2) is 28.2 Å². The van der Waals surface area contributed by atoms with Gasteiger partial charge in [-0.3, -0.25) is 4.98 Å². The molecule has 0 aliphatic heterocycles. The Labute approximate surface area is 132 Å². The van der Waals surface area contributed by atoms with Crippen LogP contribution >= 0.6 is 0 Å². The number of carbonyl (C=O) groups excluding carboxylic acids is 2. The second kappa shape index (κ2) is 7.72. The number of hydrogen-bond donors (Lipinski definition) is 2. The number of pyridine rings is 1. The summed E-state index contributed by atoms with van der Waals surface area (Å²) in [6, 6.07) is 9.71. The number of hydrogen-bond acceptors (Lipinski definition) is 6. The van der Waals surface area contributed by atoms with Crippen molar-refractivity contribution in [3.63, 3.8) is 0 Å². The number of aromatic amines is 1. The molecule has 0 aliphatic carbocycles. The Morgan fingerprint density at radius 3 is 2.57 bits per heavy atom. The highest BCUT2D eigenvalue weighted by molar-refractivity contribution is 5.77. The fourth-order valence-electron chi connectivity index (χ4n) is 2.01. The Morgan fingerprint density at radius 2 is 1.96 bits per heavy atom. The quantitative estimate of drug-likeness (QED) is 0.768. The van der Waals surface area contributed by atoms with Crippen LogP contribution in [0.5, 0.6) is 5.75 Å². The predicted octanol–water partition coefficient (Wildman–Crippen LogP) is 2.69. The zero-order valence-corrected chi connectivity index (χ0v) is 12.8. The molecular weight excluding hydrogens is 296 g/mol. The fraction of sp³-hybridized carbons (Fsp3) is 0.188. The Hall–Kier alpha value is -3.18. The zero-order chi connectivity index (χ0) is 16.7. The van der Waals surface area contributed by atoms with Crippen molar-refractivity contribution in [3.8, 4) is 5.75 Å². The average molecular weight is 312 g/mol. The molecule has 118 valence electrons. The molecule has 0 aliphatic rings. The minimum absolute atomic E-state index is 0.250. The van der Waals surface area contributed by atoms with Crippen molar-refractivity contribution in [2.45, 2.75) is 13.3 Å². The molecular formula is C16H16N4O3. The number of nitrogens with one attached hydrogen (secondary N) is 2. The third-order valence-corrected chi connectivity index (χ3v) is 3.14. The van der Waals surface area contributed by atoms with E-state index in [0.29, 0.717) is 5.95 Å². The molecule has 3 rings (SSSR count). The van der Waals surface area contributed by atoms with Gasteiger partial charge < -0.3 is 15.0 Å². The van der Waals surface area contributed by atoms with E-state index in [4.69, 9.17) is 14.3 Å². The Bertz CT molecular complexity index is 806. The Kier molecular flexibility index (Phi) is 5.44. The van der Waals surface area contributed by atoms with Crippen molar-refractivity contribution >= 4 is 28.8 Å². The van der Waals surface area contributed by atoms with Crippen LogP contribution in [0.3, 0.4) is 0 Å². The van der Waals surface area contributed by atoms with E-state index < -0.39 is 0 Å². The first-order chi connectivity index (χ1) is 11.2. The summed E-state index contributed by atoms with van der Waals surface area (Å²) in [5.41, 5.74) is 3.85. The van der Waals surface area contributed by atoms with Crippen LogP contribution in [0, 0.1) is 0 Å². The number of benzene rings is 1. The summed E-state index contributed by atoms with van der Waals surface area (Å²) in [6.45, 7) is 2.08. The van der Waals surface area contributed by atoms with Crippen molar-refractivity contribution in [1.82, 2.24) is 15.0 Å². The van der Waals surface area contributed by atoms with Gasteiger partial charge in [-0.05, 0) is 36.8 Å². The van der Waals surface area contributed by atoms with Gasteiger partial charge in [0.15, 0.2) is 0 Å². The number of anilines is 2. The molecule has 1 aromatic carbocycles. The predicted molar refractivity (Wildman–Crippen MR) is 84.6 cm³/mol. The van der Waals surface area contributed by atoms with Gasteiger partial charge in [0, 0.05) is 11.4 Å². The summed E-state index contributed by atoms with van der Waals surface area (Å²) in [7, 11) is 1.65. The maximum absolute atomic E-state index is 8.12. The largest absolute Gasteiger partial charge is 0.497 e. The van der Waals surface area contributed by atoms with E-state index in [1.807, 2.05) is 36.5 Å². The highest BCUT2D eigenvalue weighted by Crippen LogP contribution is 2.20. The molecule has 0 saturated carbocycles. The van der Waals surface area contributed by atoms with E-state index in [2.05, 4.69) is 27.2 Å². The lowest BCUT2D eigenvalue weighted by atomic mass is 10.3. The lowest BCUT2D eigenvalue weighted by molar-refractivity contribution is -0.191. The van der Waals surface area contributed by atoms with Crippen LogP contribution in [0.2, 0.25) is 0 Å². The Balaban J connectivity index is 0.000000595. The van der Waals surface area contributed by atoms with Gasteiger partial charge in [-0.1, -0.05) is 6.92 Å². The first-order valence-electron chi connectivity index (χ1n) is 6.95. The normalized spacial score (nSPS) is 9.65. The monoisotopic (exact) mass is 312 g/mol. The summed E-state index contributed by atoms with van der Waals surface area (Å²) in [5, 5.41) is 3.23. The van der Waals surface area contributed by atoms with Crippen molar-refractivity contribution < 1.29 is 14.3 Å². The molecule has 2 aromatic heterocycles. The second-order valence-corrected chi connectivity index (χ2v) is 4.57. The average Bonchev–Trinajstić information content (AvgIpc) is 2.97. The standard InChI is InChI=1S/C15H16N4O.CO2/c1-3-10-8-13-14(9-16-10)19-15(18-13)17-11-4-6-12(20-2)7-5-11;2-1-3/h4-9H,3H2,1-2H3,(H2,17,18,19);. The lowest BCUT2D eigenvalue weighted by Crippen LogP contribution is -1.92. The number of imidazole rings is 1. The van der Waals surface area contributed by atoms with Gasteiger partial charge in [-0.15, -0.1) is 0 Å². The number of methoxy groups -OCH3 is 1. The number of aryl methyl sites for hydroxylation is 1. The maximum atomic E-state index is 8.12. The van der Waals surface area contributed by atoms with Gasteiger partial charge in [0.25, 0.3) is 0 Å². The van der Waals surface area contributed by atoms with E-state index in [1.165, 1.54) is 0 Å². The molecule has 7 heteroatoms. The van der Waals surface area contributed by atoms with Crippen molar-refractivity contribution in [1.29, 1.82) is 0 Å². The summed E-state index contributed by atoms with van der Waals surface area (Å²) in [6.07, 6.45) is 2.98. The summed E-state index contributed by atoms with van der Waals surface area (Å²) < 4.78 is 5.13. The molecule has 0 amide bonds. The molecule has 2 N–H and O–H groups in total. The number of ether oxygens (including phenoxy) is 1. The molecule has 0 spiro atoms. The number of fused-ring (bicyclic) bond motifs is 1. The van der Waals surface area contributed by atoms with Gasteiger partial charge in [-0.2, -0.15) is 9.59 Å². The smallest absolute Gasteiger partial charge is 0.373 e. The van der Waals surface area contributed by atoms with Gasteiger partial charge >= 0.3 is 6.15 Å². The maximum Gasteiger partial charge on any atom is 0.373 e. The van der Waals surface area contributed by atoms with E-state index in [1.54, 1.807) is 7.11 Å². The minimum atomic E-state index is 0.250. The molecule has 0 fully saturated rings. The van der Waals surface area contributed by atoms with E-state index in [9.17, 15) is 0 Å². The summed E-state index contributed by atoms with van der Waals surface area (Å²) in [4.78, 5) is 28.3. The van der Waals surface area contributed by atoms with E-state index in [0.717, 1.165) is 34.6 Å². The fourth-order valence-corrected chi connectivity index (χ4v) is 2.01. The SMILES string of the molecule is CCc1cc2nc(Nc3ccc(OC)cc3)[nH]c2cn1.O=C=O. The van der Waals surface area contributed by atoms with Crippen LogP contribution in [0.1, 0.15) is 12.6 Å². The molecule has 2 heterocycles. The number of nitrogens with zero attached hydrogens (tertiary/aromatic N) is 2. The van der Waals surface area contributed by atoms with Crippen LogP contribution < -0.4 is 10.1 Å². The van der Waals surface area contributed by atoms with E-state index >= 15 is 0 Å². The molecule has 0 radical (unpaired) electrons. The number of H-pyrrole nitrogens is 1. The molecule has 7 nitrogen and oxygen atoms in total. The number of aromatic nitrogens is 3. The third kappa shape index (κ3) is 4.15. The summed E-state index contributed by atoms with van der Waals surface area (Å²) >= 11 is 0. The molecule has 0 atom stereocenters. The van der Waals surface area contributed by atoms with Crippen molar-refractivity contribution in [2.24, 2.45) is 0 Å². The van der Waals surface area contributed by atoms with E-state index in [-0.39, 0.29) is 6.15 Å². The van der Waals surface area contributed by atoms with Gasteiger partial charge in [-0.25, -0.2) is 4.98 Å². The van der Waals surface area contributed by atoms with Gasteiger partial charge in [0.1, 0.15) is 5.75 Å². The van der Waals surface area contributed by atoms with Crippen molar-refractivity contribution in [2.75, 3.05) is 12.4 Å². The van der Waals surface area contributed by atoms with Crippen LogP contribution in [0.4, 0.5) is 11.6 Å². The first-order valence-corrected chi connectivity index (χ1v) is 6.95. The van der Waals surface area contributed by atoms with Crippen LogP contribution in [0.25, 0.3) is 11.0 Å². The molecule has 0 saturated heterocycles. The molecule has 0 unspecified atom stereocenters. The molecule has 0 bridgehead atoms. The highest BCUT2D eigenvalue weighted by Gasteiger charge is 2.04. The third-order valence-electron chi connectivity index (χ3n) is 3.14. The van der Waals surface area contributed by atoms with Crippen molar-refractivity contribution in [3.05, 3.63) is 42.2 Å². The minimum Gasteiger partial charge on any atom is -0.497 e. The molecule has 23 heavy (non-hydrogen) atoms. The number of rotatable bonds is 4. The topological polar surface area (TPSA) is 97.0 Å². The summed E-state index contributed by atoms with van der Waals surface area (Å²) in [5.74, 6) is 1.54. The first kappa shape index (κ1) is 16.2. The molecule has 3 aromatic rings. The van der Waals surface area contributed by atoms with Gasteiger partial charge in [0.05, 0.1) is 24.3 Å². The van der Waals surface area contributed by atoms with Crippen LogP contribution in [-0.2, 0) is 16.0 Å². The lowest BCUT2D eigenvalue weighted by Gasteiger charge is -2.03. The Morgan fingerprint density at radius 1 is 1.26 bits per heavy atom.